The molecule has 0 saturated carbocycles. The van der Waals surface area contributed by atoms with Gasteiger partial charge in [-0.2, -0.15) is 0 Å². The number of aromatic nitrogens is 2. The molecule has 0 atom stereocenters. The van der Waals surface area contributed by atoms with E-state index in [4.69, 9.17) is 16.2 Å². The van der Waals surface area contributed by atoms with Crippen LogP contribution in [0.3, 0.4) is 0 Å². The van der Waals surface area contributed by atoms with Gasteiger partial charge in [0, 0.05) is 38.4 Å². The highest BCUT2D eigenvalue weighted by Crippen LogP contribution is 2.23. The van der Waals surface area contributed by atoms with Crippen LogP contribution in [0, 0.1) is 5.82 Å². The number of hydroxylamine groups is 1. The van der Waals surface area contributed by atoms with Crippen LogP contribution in [0.2, 0.25) is 5.02 Å². The molecule has 1 saturated heterocycles. The van der Waals surface area contributed by atoms with E-state index in [1.54, 1.807) is 0 Å². The third-order valence-electron chi connectivity index (χ3n) is 4.90. The summed E-state index contributed by atoms with van der Waals surface area (Å²) in [5, 5.41) is 17.3. The lowest BCUT2D eigenvalue weighted by Gasteiger charge is -2.35. The molecule has 0 bridgehead atoms. The Morgan fingerprint density at radius 3 is 2.60 bits per heavy atom. The Hall–Kier alpha value is -3.01. The molecule has 10 heteroatoms. The Morgan fingerprint density at radius 1 is 1.13 bits per heavy atom. The van der Waals surface area contributed by atoms with E-state index in [2.05, 4.69) is 37.2 Å². The fraction of sp³-hybridized carbons (Fsp3) is 0.250. The zero-order valence-corrected chi connectivity index (χ0v) is 16.8. The number of anilines is 1. The van der Waals surface area contributed by atoms with Crippen LogP contribution in [0.1, 0.15) is 11.4 Å². The second kappa shape index (κ2) is 9.21. The molecule has 30 heavy (non-hydrogen) atoms. The van der Waals surface area contributed by atoms with Gasteiger partial charge in [-0.25, -0.2) is 14.0 Å². The molecule has 1 aliphatic rings. The van der Waals surface area contributed by atoms with Gasteiger partial charge in [0.2, 0.25) is 0 Å². The topological polar surface area (TPSA) is 90.0 Å². The molecule has 1 aliphatic heterocycles. The molecule has 2 aromatic carbocycles. The van der Waals surface area contributed by atoms with Crippen LogP contribution in [0.25, 0.3) is 0 Å². The summed E-state index contributed by atoms with van der Waals surface area (Å²) >= 11 is 5.80. The number of nitrogens with zero attached hydrogens (tertiary/aromatic N) is 5. The minimum atomic E-state index is -0.549. The maximum Gasteiger partial charge on any atom is 0.182 e. The zero-order chi connectivity index (χ0) is 20.9. The smallest absolute Gasteiger partial charge is 0.182 e. The number of para-hydroxylation sites is 1. The molecule has 0 amide bonds. The van der Waals surface area contributed by atoms with Crippen LogP contribution >= 0.6 is 11.6 Å². The van der Waals surface area contributed by atoms with E-state index in [9.17, 15) is 9.60 Å². The minimum Gasteiger partial charge on any atom is -0.369 e. The molecule has 156 valence electrons. The monoisotopic (exact) mass is 430 g/mol. The molecule has 1 fully saturated rings. The van der Waals surface area contributed by atoms with Crippen molar-refractivity contribution < 1.29 is 14.2 Å². The molecule has 3 aromatic rings. The van der Waals surface area contributed by atoms with Crippen molar-refractivity contribution in [1.82, 2.24) is 20.7 Å². The maximum atomic E-state index is 13.4. The minimum absolute atomic E-state index is 0.0387. The van der Waals surface area contributed by atoms with Gasteiger partial charge in [-0.05, 0) is 35.5 Å². The van der Waals surface area contributed by atoms with E-state index in [-0.39, 0.29) is 16.6 Å². The summed E-state index contributed by atoms with van der Waals surface area (Å²) < 4.78 is 18.2. The first kappa shape index (κ1) is 20.3. The normalized spacial score (nSPS) is 15.4. The Labute approximate surface area is 177 Å². The first-order valence-electron chi connectivity index (χ1n) is 9.42. The highest BCUT2D eigenvalue weighted by molar-refractivity contribution is 6.31. The fourth-order valence-corrected chi connectivity index (χ4v) is 3.49. The molecule has 2 heterocycles. The third kappa shape index (κ3) is 4.59. The largest absolute Gasteiger partial charge is 0.369 e. The van der Waals surface area contributed by atoms with Gasteiger partial charge in [-0.1, -0.05) is 35.0 Å². The third-order valence-corrected chi connectivity index (χ3v) is 5.19. The molecular formula is C20H20ClFN6O2. The van der Waals surface area contributed by atoms with Gasteiger partial charge in [-0.3, -0.25) is 15.6 Å². The number of rotatable bonds is 5. The number of nitrogens with one attached hydrogen (secondary N) is 1. The Bertz CT molecular complexity index is 1020. The second-order valence-corrected chi connectivity index (χ2v) is 7.24. The number of hydrogen-bond donors (Lipinski definition) is 2. The molecule has 1 aromatic heterocycles. The number of halogens is 2. The van der Waals surface area contributed by atoms with Crippen molar-refractivity contribution in [3.8, 4) is 0 Å². The summed E-state index contributed by atoms with van der Waals surface area (Å²) in [4.78, 5) is 8.80. The van der Waals surface area contributed by atoms with Crippen LogP contribution < -0.4 is 10.4 Å². The van der Waals surface area contributed by atoms with Gasteiger partial charge in [0.25, 0.3) is 0 Å². The summed E-state index contributed by atoms with van der Waals surface area (Å²) in [7, 11) is 0. The summed E-state index contributed by atoms with van der Waals surface area (Å²) in [5.41, 5.74) is 4.39. The standard InChI is InChI=1S/C20H20ClFN6O2/c21-16-12-14(6-7-17(16)22)23-20(24-29)19-18(25-30-26-19)13-27-8-10-28(11-9-27)15-4-2-1-3-5-15/h1-7,12,29H,8-11,13H2,(H,23,24). The summed E-state index contributed by atoms with van der Waals surface area (Å²) in [5.74, 6) is -0.510. The Balaban J connectivity index is 1.45. The number of benzene rings is 2. The lowest BCUT2D eigenvalue weighted by Crippen LogP contribution is -2.46. The van der Waals surface area contributed by atoms with Crippen molar-refractivity contribution in [2.75, 3.05) is 31.1 Å². The van der Waals surface area contributed by atoms with Crippen molar-refractivity contribution in [2.45, 2.75) is 6.54 Å². The van der Waals surface area contributed by atoms with Crippen molar-refractivity contribution in [3.05, 3.63) is 70.8 Å². The SMILES string of the molecule is ONC(=Nc1ccc(F)c(Cl)c1)c1nonc1CN1CCN(c2ccccc2)CC1. The molecule has 8 nitrogen and oxygen atoms in total. The quantitative estimate of drug-likeness (QED) is 0.365. The first-order chi connectivity index (χ1) is 14.6. The summed E-state index contributed by atoms with van der Waals surface area (Å²) in [6, 6.07) is 14.3. The summed E-state index contributed by atoms with van der Waals surface area (Å²) in [6.45, 7) is 3.95. The van der Waals surface area contributed by atoms with Gasteiger partial charge in [0.1, 0.15) is 11.5 Å². The average molecular weight is 431 g/mol. The number of piperazine rings is 1. The van der Waals surface area contributed by atoms with Crippen LogP contribution in [-0.2, 0) is 6.54 Å². The Kier molecular flexibility index (Phi) is 6.22. The van der Waals surface area contributed by atoms with E-state index in [1.165, 1.54) is 23.9 Å². The van der Waals surface area contributed by atoms with Crippen molar-refractivity contribution in [1.29, 1.82) is 0 Å². The molecule has 2 N–H and O–H groups in total. The number of hydrogen-bond acceptors (Lipinski definition) is 7. The first-order valence-corrected chi connectivity index (χ1v) is 9.80. The lowest BCUT2D eigenvalue weighted by atomic mass is 10.2. The van der Waals surface area contributed by atoms with E-state index < -0.39 is 5.82 Å². The zero-order valence-electron chi connectivity index (χ0n) is 16.0. The Morgan fingerprint density at radius 2 is 1.90 bits per heavy atom. The highest BCUT2D eigenvalue weighted by Gasteiger charge is 2.22. The van der Waals surface area contributed by atoms with Crippen LogP contribution in [-0.4, -0.2) is 52.4 Å². The molecule has 0 unspecified atom stereocenters. The van der Waals surface area contributed by atoms with Crippen molar-refractivity contribution in [3.63, 3.8) is 0 Å². The molecule has 0 aliphatic carbocycles. The molecule has 0 spiro atoms. The lowest BCUT2D eigenvalue weighted by molar-refractivity contribution is 0.233. The van der Waals surface area contributed by atoms with E-state index in [1.807, 2.05) is 23.7 Å². The fourth-order valence-electron chi connectivity index (χ4n) is 3.32. The molecule has 0 radical (unpaired) electrons. The van der Waals surface area contributed by atoms with Gasteiger partial charge >= 0.3 is 0 Å². The van der Waals surface area contributed by atoms with Gasteiger partial charge in [0.15, 0.2) is 11.5 Å². The van der Waals surface area contributed by atoms with E-state index in [0.717, 1.165) is 26.2 Å². The van der Waals surface area contributed by atoms with Crippen molar-refractivity contribution in [2.24, 2.45) is 4.99 Å². The van der Waals surface area contributed by atoms with Gasteiger partial charge < -0.3 is 4.90 Å². The second-order valence-electron chi connectivity index (χ2n) is 6.83. The van der Waals surface area contributed by atoms with E-state index >= 15 is 0 Å². The van der Waals surface area contributed by atoms with Crippen LogP contribution in [0.4, 0.5) is 15.8 Å². The van der Waals surface area contributed by atoms with Crippen molar-refractivity contribution >= 4 is 28.8 Å². The maximum absolute atomic E-state index is 13.4. The predicted molar refractivity (Wildman–Crippen MR) is 111 cm³/mol. The number of aliphatic imine (C=N–C) groups is 1. The van der Waals surface area contributed by atoms with Gasteiger partial charge in [0.05, 0.1) is 10.7 Å². The number of amidine groups is 1. The molecule has 4 rings (SSSR count). The van der Waals surface area contributed by atoms with Crippen LogP contribution in [0.15, 0.2) is 58.2 Å². The predicted octanol–water partition coefficient (Wildman–Crippen LogP) is 3.24. The van der Waals surface area contributed by atoms with Gasteiger partial charge in [-0.15, -0.1) is 0 Å². The molecular weight excluding hydrogens is 411 g/mol. The summed E-state index contributed by atoms with van der Waals surface area (Å²) in [6.07, 6.45) is 0. The highest BCUT2D eigenvalue weighted by atomic mass is 35.5. The average Bonchev–Trinajstić information content (AvgIpc) is 3.23. The van der Waals surface area contributed by atoms with Crippen LogP contribution in [0.5, 0.6) is 0 Å². The van der Waals surface area contributed by atoms with E-state index in [0.29, 0.717) is 17.9 Å².